The predicted molar refractivity (Wildman–Crippen MR) is 89.1 cm³/mol. The van der Waals surface area contributed by atoms with Crippen molar-refractivity contribution in [3.05, 3.63) is 54.2 Å². The maximum Gasteiger partial charge on any atom is 0.296 e. The number of H-pyrrole nitrogens is 1. The van der Waals surface area contributed by atoms with Gasteiger partial charge in [0.2, 0.25) is 5.82 Å². The summed E-state index contributed by atoms with van der Waals surface area (Å²) in [6.45, 7) is 0. The van der Waals surface area contributed by atoms with Crippen LogP contribution in [0.3, 0.4) is 0 Å². The average molecular weight is 322 g/mol. The average Bonchev–Trinajstić information content (AvgIpc) is 3.36. The van der Waals surface area contributed by atoms with Gasteiger partial charge in [-0.25, -0.2) is 9.67 Å². The van der Waals surface area contributed by atoms with Crippen LogP contribution in [0.15, 0.2) is 42.7 Å². The van der Waals surface area contributed by atoms with Gasteiger partial charge in [0.25, 0.3) is 5.91 Å². The molecular formula is C17H18N6O. The third kappa shape index (κ3) is 2.92. The van der Waals surface area contributed by atoms with E-state index >= 15 is 0 Å². The van der Waals surface area contributed by atoms with Crippen molar-refractivity contribution in [3.8, 4) is 5.69 Å². The van der Waals surface area contributed by atoms with E-state index in [0.717, 1.165) is 11.4 Å². The quantitative estimate of drug-likeness (QED) is 0.773. The highest BCUT2D eigenvalue weighted by Gasteiger charge is 2.20. The summed E-state index contributed by atoms with van der Waals surface area (Å²) >= 11 is 0. The molecule has 24 heavy (non-hydrogen) atoms. The molecule has 1 aliphatic rings. The molecule has 2 aromatic heterocycles. The fourth-order valence-corrected chi connectivity index (χ4v) is 3.09. The number of hydrogen-bond donors (Lipinski definition) is 2. The number of aromatic amines is 1. The molecule has 1 saturated carbocycles. The first-order valence-corrected chi connectivity index (χ1v) is 8.13. The van der Waals surface area contributed by atoms with E-state index in [2.05, 4.69) is 25.6 Å². The molecule has 1 aromatic carbocycles. The Morgan fingerprint density at radius 3 is 2.79 bits per heavy atom. The van der Waals surface area contributed by atoms with Gasteiger partial charge in [0.1, 0.15) is 6.33 Å². The Bertz CT molecular complexity index is 832. The van der Waals surface area contributed by atoms with Crippen LogP contribution in [0.25, 0.3) is 5.69 Å². The summed E-state index contributed by atoms with van der Waals surface area (Å²) in [4.78, 5) is 16.4. The summed E-state index contributed by atoms with van der Waals surface area (Å²) in [5.41, 5.74) is 1.94. The second-order valence-corrected chi connectivity index (χ2v) is 5.99. The molecular weight excluding hydrogens is 304 g/mol. The maximum absolute atomic E-state index is 12.3. The Morgan fingerprint density at radius 1 is 1.21 bits per heavy atom. The standard InChI is InChI=1S/C17H18N6O/c24-17(16-18-11-23(22-16)13-8-2-1-3-9-13)19-15-10-14(20-21-15)12-6-4-5-7-12/h1-3,8-12H,4-7H2,(H2,19,20,21,24). The molecule has 0 saturated heterocycles. The van der Waals surface area contributed by atoms with Crippen molar-refractivity contribution in [2.75, 3.05) is 5.32 Å². The SMILES string of the molecule is O=C(Nc1cc(C2CCCC2)[nH]n1)c1ncn(-c2ccccc2)n1. The number of anilines is 1. The molecule has 1 fully saturated rings. The fourth-order valence-electron chi connectivity index (χ4n) is 3.09. The molecule has 7 nitrogen and oxygen atoms in total. The summed E-state index contributed by atoms with van der Waals surface area (Å²) in [5.74, 6) is 0.787. The zero-order chi connectivity index (χ0) is 16.4. The first kappa shape index (κ1) is 14.6. The molecule has 7 heteroatoms. The minimum atomic E-state index is -0.367. The number of hydrogen-bond acceptors (Lipinski definition) is 4. The van der Waals surface area contributed by atoms with E-state index in [4.69, 9.17) is 0 Å². The van der Waals surface area contributed by atoms with Crippen LogP contribution in [-0.4, -0.2) is 30.9 Å². The van der Waals surface area contributed by atoms with E-state index in [1.54, 1.807) is 4.68 Å². The van der Waals surface area contributed by atoms with Crippen molar-refractivity contribution in [1.29, 1.82) is 0 Å². The Kier molecular flexibility index (Phi) is 3.82. The zero-order valence-electron chi connectivity index (χ0n) is 13.1. The second-order valence-electron chi connectivity index (χ2n) is 5.99. The first-order valence-electron chi connectivity index (χ1n) is 8.13. The topological polar surface area (TPSA) is 88.5 Å². The van der Waals surface area contributed by atoms with Gasteiger partial charge in [0, 0.05) is 17.7 Å². The first-order chi connectivity index (χ1) is 11.8. The molecule has 2 N–H and O–H groups in total. The molecule has 0 radical (unpaired) electrons. The highest BCUT2D eigenvalue weighted by atomic mass is 16.2. The van der Waals surface area contributed by atoms with Crippen molar-refractivity contribution in [1.82, 2.24) is 25.0 Å². The molecule has 1 amide bonds. The Labute approximate surface area is 139 Å². The summed E-state index contributed by atoms with van der Waals surface area (Å²) in [5, 5.41) is 14.2. The van der Waals surface area contributed by atoms with Crippen molar-refractivity contribution < 1.29 is 4.79 Å². The van der Waals surface area contributed by atoms with Crippen molar-refractivity contribution in [2.24, 2.45) is 0 Å². The molecule has 0 spiro atoms. The van der Waals surface area contributed by atoms with E-state index < -0.39 is 0 Å². The largest absolute Gasteiger partial charge is 0.302 e. The Hall–Kier alpha value is -2.96. The Balaban J connectivity index is 1.46. The minimum Gasteiger partial charge on any atom is -0.302 e. The summed E-state index contributed by atoms with van der Waals surface area (Å²) < 4.78 is 1.57. The number of carbonyl (C=O) groups is 1. The van der Waals surface area contributed by atoms with Gasteiger partial charge < -0.3 is 5.32 Å². The van der Waals surface area contributed by atoms with Gasteiger partial charge in [-0.15, -0.1) is 5.10 Å². The second kappa shape index (κ2) is 6.27. The van der Waals surface area contributed by atoms with Crippen LogP contribution in [0.4, 0.5) is 5.82 Å². The maximum atomic E-state index is 12.3. The van der Waals surface area contributed by atoms with Crippen LogP contribution in [0.5, 0.6) is 0 Å². The van der Waals surface area contributed by atoms with Crippen LogP contribution in [0.2, 0.25) is 0 Å². The number of nitrogens with one attached hydrogen (secondary N) is 2. The van der Waals surface area contributed by atoms with Gasteiger partial charge in [-0.2, -0.15) is 5.10 Å². The highest BCUT2D eigenvalue weighted by Crippen LogP contribution is 2.33. The van der Waals surface area contributed by atoms with E-state index in [1.165, 1.54) is 32.0 Å². The summed E-state index contributed by atoms with van der Waals surface area (Å²) in [6, 6.07) is 11.4. The van der Waals surface area contributed by atoms with E-state index in [1.807, 2.05) is 36.4 Å². The van der Waals surface area contributed by atoms with Gasteiger partial charge in [-0.1, -0.05) is 31.0 Å². The number of para-hydroxylation sites is 1. The van der Waals surface area contributed by atoms with Gasteiger partial charge in [0.15, 0.2) is 5.82 Å². The third-order valence-corrected chi connectivity index (χ3v) is 4.35. The van der Waals surface area contributed by atoms with Gasteiger partial charge in [-0.05, 0) is 25.0 Å². The number of benzene rings is 1. The zero-order valence-corrected chi connectivity index (χ0v) is 13.1. The lowest BCUT2D eigenvalue weighted by Crippen LogP contribution is -2.14. The Morgan fingerprint density at radius 2 is 2.00 bits per heavy atom. The number of aromatic nitrogens is 5. The molecule has 0 aliphatic heterocycles. The van der Waals surface area contributed by atoms with Crippen molar-refractivity contribution >= 4 is 11.7 Å². The van der Waals surface area contributed by atoms with Gasteiger partial charge >= 0.3 is 0 Å². The fraction of sp³-hybridized carbons (Fsp3) is 0.294. The van der Waals surface area contributed by atoms with Crippen LogP contribution in [0.1, 0.15) is 47.9 Å². The van der Waals surface area contributed by atoms with Gasteiger partial charge in [-0.3, -0.25) is 9.89 Å². The lowest BCUT2D eigenvalue weighted by Gasteiger charge is -2.03. The van der Waals surface area contributed by atoms with Crippen LogP contribution < -0.4 is 5.32 Å². The monoisotopic (exact) mass is 322 g/mol. The van der Waals surface area contributed by atoms with Crippen LogP contribution in [0, 0.1) is 0 Å². The molecule has 0 atom stereocenters. The number of carbonyl (C=O) groups excluding carboxylic acids is 1. The van der Waals surface area contributed by atoms with E-state index in [9.17, 15) is 4.79 Å². The molecule has 0 bridgehead atoms. The number of rotatable bonds is 4. The van der Waals surface area contributed by atoms with Crippen LogP contribution >= 0.6 is 0 Å². The predicted octanol–water partition coefficient (Wildman–Crippen LogP) is 2.90. The summed E-state index contributed by atoms with van der Waals surface area (Å²) in [7, 11) is 0. The molecule has 122 valence electrons. The third-order valence-electron chi connectivity index (χ3n) is 4.35. The van der Waals surface area contributed by atoms with Gasteiger partial charge in [0.05, 0.1) is 5.69 Å². The molecule has 2 heterocycles. The molecule has 3 aromatic rings. The van der Waals surface area contributed by atoms with Crippen molar-refractivity contribution in [3.63, 3.8) is 0 Å². The number of nitrogens with zero attached hydrogens (tertiary/aromatic N) is 4. The highest BCUT2D eigenvalue weighted by molar-refractivity contribution is 6.00. The van der Waals surface area contributed by atoms with E-state index in [-0.39, 0.29) is 11.7 Å². The minimum absolute atomic E-state index is 0.115. The molecule has 4 rings (SSSR count). The van der Waals surface area contributed by atoms with Crippen LogP contribution in [-0.2, 0) is 0 Å². The number of amides is 1. The lowest BCUT2D eigenvalue weighted by molar-refractivity contribution is 0.101. The normalized spacial score (nSPS) is 14.8. The summed E-state index contributed by atoms with van der Waals surface area (Å²) in [6.07, 6.45) is 6.40. The lowest BCUT2D eigenvalue weighted by atomic mass is 10.0. The smallest absolute Gasteiger partial charge is 0.296 e. The molecule has 1 aliphatic carbocycles. The van der Waals surface area contributed by atoms with Crippen molar-refractivity contribution in [2.45, 2.75) is 31.6 Å². The van der Waals surface area contributed by atoms with E-state index in [0.29, 0.717) is 11.7 Å². The molecule has 0 unspecified atom stereocenters.